The summed E-state index contributed by atoms with van der Waals surface area (Å²) in [5.41, 5.74) is 0. The van der Waals surface area contributed by atoms with Gasteiger partial charge in [-0.15, -0.1) is 11.3 Å². The van der Waals surface area contributed by atoms with E-state index in [-0.39, 0.29) is 5.75 Å². The molecule has 0 aromatic carbocycles. The van der Waals surface area contributed by atoms with Gasteiger partial charge in [-0.05, 0) is 19.4 Å². The van der Waals surface area contributed by atoms with Crippen LogP contribution in [0.2, 0.25) is 0 Å². The van der Waals surface area contributed by atoms with Crippen molar-refractivity contribution in [1.82, 2.24) is 10.3 Å². The number of rotatable bonds is 5. The van der Waals surface area contributed by atoms with Crippen LogP contribution in [0, 0.1) is 0 Å². The zero-order valence-corrected chi connectivity index (χ0v) is 12.9. The molecule has 0 amide bonds. The molecule has 0 atom stereocenters. The lowest BCUT2D eigenvalue weighted by Crippen LogP contribution is -2.26. The molecule has 0 aliphatic carbocycles. The van der Waals surface area contributed by atoms with Crippen molar-refractivity contribution in [2.75, 3.05) is 36.0 Å². The quantitative estimate of drug-likeness (QED) is 0.830. The van der Waals surface area contributed by atoms with E-state index in [2.05, 4.69) is 22.1 Å². The van der Waals surface area contributed by atoms with E-state index in [9.17, 15) is 8.42 Å². The summed E-state index contributed by atoms with van der Waals surface area (Å²) in [4.78, 5) is 7.72. The van der Waals surface area contributed by atoms with Crippen LogP contribution in [-0.4, -0.2) is 44.5 Å². The fraction of sp³-hybridized carbons (Fsp3) is 0.750. The Bertz CT molecular complexity index is 499. The van der Waals surface area contributed by atoms with Crippen LogP contribution in [0.25, 0.3) is 0 Å². The van der Waals surface area contributed by atoms with Crippen molar-refractivity contribution in [2.24, 2.45) is 0 Å². The number of anilines is 1. The Kier molecular flexibility index (Phi) is 5.18. The van der Waals surface area contributed by atoms with Gasteiger partial charge in [-0.1, -0.05) is 6.92 Å². The van der Waals surface area contributed by atoms with E-state index in [4.69, 9.17) is 0 Å². The molecule has 108 valence electrons. The number of hydrogen-bond donors (Lipinski definition) is 1. The van der Waals surface area contributed by atoms with Crippen LogP contribution < -0.4 is 10.2 Å². The van der Waals surface area contributed by atoms with Crippen LogP contribution in [0.1, 0.15) is 24.6 Å². The Morgan fingerprint density at radius 2 is 2.26 bits per heavy atom. The van der Waals surface area contributed by atoms with Crippen molar-refractivity contribution >= 4 is 26.3 Å². The molecular weight excluding hydrogens is 282 g/mol. The predicted octanol–water partition coefficient (Wildman–Crippen LogP) is 1.27. The predicted molar refractivity (Wildman–Crippen MR) is 79.6 cm³/mol. The molecule has 19 heavy (non-hydrogen) atoms. The van der Waals surface area contributed by atoms with E-state index >= 15 is 0 Å². The number of nitrogens with zero attached hydrogens (tertiary/aromatic N) is 2. The van der Waals surface area contributed by atoms with Gasteiger partial charge in [0, 0.05) is 30.7 Å². The molecule has 1 aliphatic heterocycles. The lowest BCUT2D eigenvalue weighted by molar-refractivity contribution is 0.597. The first-order chi connectivity index (χ1) is 9.11. The molecule has 0 saturated carbocycles. The van der Waals surface area contributed by atoms with Gasteiger partial charge in [-0.2, -0.15) is 0 Å². The highest BCUT2D eigenvalue weighted by atomic mass is 32.2. The van der Waals surface area contributed by atoms with Crippen LogP contribution in [0.3, 0.4) is 0 Å². The number of thiazole rings is 1. The molecule has 5 nitrogen and oxygen atoms in total. The summed E-state index contributed by atoms with van der Waals surface area (Å²) in [6.07, 6.45) is 3.71. The zero-order valence-electron chi connectivity index (χ0n) is 11.3. The summed E-state index contributed by atoms with van der Waals surface area (Å²) in [6, 6.07) is 0. The molecule has 2 rings (SSSR count). The minimum atomic E-state index is -2.85. The van der Waals surface area contributed by atoms with Gasteiger partial charge in [-0.3, -0.25) is 0 Å². The van der Waals surface area contributed by atoms with Gasteiger partial charge in [0.25, 0.3) is 0 Å². The van der Waals surface area contributed by atoms with E-state index in [0.717, 1.165) is 31.2 Å². The van der Waals surface area contributed by atoms with Crippen LogP contribution in [0.4, 0.5) is 5.13 Å². The van der Waals surface area contributed by atoms with Crippen molar-refractivity contribution in [3.05, 3.63) is 11.1 Å². The fourth-order valence-electron chi connectivity index (χ4n) is 2.04. The highest BCUT2D eigenvalue weighted by Crippen LogP contribution is 2.23. The van der Waals surface area contributed by atoms with E-state index in [1.807, 2.05) is 6.20 Å². The number of sulfone groups is 1. The maximum absolute atomic E-state index is 11.6. The van der Waals surface area contributed by atoms with E-state index in [0.29, 0.717) is 18.7 Å². The molecule has 0 unspecified atom stereocenters. The number of nitrogens with one attached hydrogen (secondary N) is 1. The normalized spacial score (nSPS) is 19.3. The molecule has 7 heteroatoms. The third-order valence-electron chi connectivity index (χ3n) is 3.09. The van der Waals surface area contributed by atoms with Crippen LogP contribution in [-0.2, 0) is 16.4 Å². The van der Waals surface area contributed by atoms with Gasteiger partial charge in [-0.25, -0.2) is 13.4 Å². The molecule has 1 aromatic rings. The number of hydrogen-bond acceptors (Lipinski definition) is 6. The smallest absolute Gasteiger partial charge is 0.185 e. The average molecular weight is 303 g/mol. The van der Waals surface area contributed by atoms with Gasteiger partial charge in [0.15, 0.2) is 15.0 Å². The molecule has 0 radical (unpaired) electrons. The molecule has 1 saturated heterocycles. The lowest BCUT2D eigenvalue weighted by atomic mass is 10.4. The Labute approximate surface area is 119 Å². The topological polar surface area (TPSA) is 62.3 Å². The molecule has 0 spiro atoms. The molecule has 0 bridgehead atoms. The summed E-state index contributed by atoms with van der Waals surface area (Å²) in [6.45, 7) is 5.35. The molecule has 1 aliphatic rings. The minimum absolute atomic E-state index is 0.246. The molecular formula is C12H21N3O2S2. The summed E-state index contributed by atoms with van der Waals surface area (Å²) in [5, 5.41) is 4.30. The van der Waals surface area contributed by atoms with Gasteiger partial charge in [0.1, 0.15) is 0 Å². The SMILES string of the molecule is CCCNCc1cnc(N2CCCS(=O)(=O)CC2)s1. The summed E-state index contributed by atoms with van der Waals surface area (Å²) < 4.78 is 23.1. The summed E-state index contributed by atoms with van der Waals surface area (Å²) in [5.74, 6) is 0.551. The average Bonchev–Trinajstić information content (AvgIpc) is 2.75. The second-order valence-corrected chi connectivity index (χ2v) is 8.18. The van der Waals surface area contributed by atoms with Crippen LogP contribution in [0.5, 0.6) is 0 Å². The van der Waals surface area contributed by atoms with Crippen molar-refractivity contribution in [2.45, 2.75) is 26.3 Å². The highest BCUT2D eigenvalue weighted by Gasteiger charge is 2.20. The second kappa shape index (κ2) is 6.67. The second-order valence-electron chi connectivity index (χ2n) is 4.78. The molecule has 1 aromatic heterocycles. The molecule has 1 fully saturated rings. The Morgan fingerprint density at radius 3 is 3.05 bits per heavy atom. The van der Waals surface area contributed by atoms with Crippen molar-refractivity contribution in [3.8, 4) is 0 Å². The Morgan fingerprint density at radius 1 is 1.42 bits per heavy atom. The van der Waals surface area contributed by atoms with E-state index in [1.54, 1.807) is 11.3 Å². The maximum atomic E-state index is 11.6. The monoisotopic (exact) mass is 303 g/mol. The fourth-order valence-corrected chi connectivity index (χ4v) is 4.25. The third kappa shape index (κ3) is 4.43. The molecule has 1 N–H and O–H groups in total. The molecule has 2 heterocycles. The van der Waals surface area contributed by atoms with Crippen molar-refractivity contribution in [1.29, 1.82) is 0 Å². The third-order valence-corrected chi connectivity index (χ3v) is 5.87. The lowest BCUT2D eigenvalue weighted by Gasteiger charge is -2.17. The van der Waals surface area contributed by atoms with Crippen LogP contribution >= 0.6 is 11.3 Å². The van der Waals surface area contributed by atoms with Gasteiger partial charge >= 0.3 is 0 Å². The first-order valence-electron chi connectivity index (χ1n) is 6.71. The van der Waals surface area contributed by atoms with Gasteiger partial charge in [0.2, 0.25) is 0 Å². The van der Waals surface area contributed by atoms with Crippen molar-refractivity contribution in [3.63, 3.8) is 0 Å². The van der Waals surface area contributed by atoms with Crippen LogP contribution in [0.15, 0.2) is 6.20 Å². The Balaban J connectivity index is 1.94. The van der Waals surface area contributed by atoms with E-state index < -0.39 is 9.84 Å². The first-order valence-corrected chi connectivity index (χ1v) is 9.35. The Hall–Kier alpha value is -0.660. The summed E-state index contributed by atoms with van der Waals surface area (Å²) >= 11 is 1.66. The highest BCUT2D eigenvalue weighted by molar-refractivity contribution is 7.91. The largest absolute Gasteiger partial charge is 0.347 e. The van der Waals surface area contributed by atoms with E-state index in [1.165, 1.54) is 4.88 Å². The maximum Gasteiger partial charge on any atom is 0.185 e. The van der Waals surface area contributed by atoms with Crippen molar-refractivity contribution < 1.29 is 8.42 Å². The standard InChI is InChI=1S/C12H21N3O2S2/c1-2-4-13-9-11-10-14-12(18-11)15-5-3-7-19(16,17)8-6-15/h10,13H,2-9H2,1H3. The van der Waals surface area contributed by atoms with Gasteiger partial charge < -0.3 is 10.2 Å². The first kappa shape index (κ1) is 14.7. The van der Waals surface area contributed by atoms with Gasteiger partial charge in [0.05, 0.1) is 11.5 Å². The number of aromatic nitrogens is 1. The minimum Gasteiger partial charge on any atom is -0.347 e. The zero-order chi connectivity index (χ0) is 13.7. The summed E-state index contributed by atoms with van der Waals surface area (Å²) in [7, 11) is -2.85.